The SMILES string of the molecule is CC(Nc1ccc(C(=O)O)cn1)c1ccccc1. The summed E-state index contributed by atoms with van der Waals surface area (Å²) in [5.74, 6) is -0.304. The number of hydrogen-bond acceptors (Lipinski definition) is 3. The average Bonchev–Trinajstić information content (AvgIpc) is 2.40. The molecule has 1 heterocycles. The maximum Gasteiger partial charge on any atom is 0.337 e. The molecule has 1 aromatic heterocycles. The highest BCUT2D eigenvalue weighted by atomic mass is 16.4. The third kappa shape index (κ3) is 2.85. The lowest BCUT2D eigenvalue weighted by Gasteiger charge is -2.14. The van der Waals surface area contributed by atoms with Crippen molar-refractivity contribution in [1.29, 1.82) is 0 Å². The minimum absolute atomic E-state index is 0.120. The lowest BCUT2D eigenvalue weighted by Crippen LogP contribution is -2.08. The molecule has 0 amide bonds. The Morgan fingerprint density at radius 2 is 1.94 bits per heavy atom. The first-order valence-corrected chi connectivity index (χ1v) is 5.67. The van der Waals surface area contributed by atoms with Crippen molar-refractivity contribution in [3.63, 3.8) is 0 Å². The van der Waals surface area contributed by atoms with E-state index in [0.29, 0.717) is 5.82 Å². The Morgan fingerprint density at radius 3 is 2.50 bits per heavy atom. The second-order valence-corrected chi connectivity index (χ2v) is 4.01. The van der Waals surface area contributed by atoms with Gasteiger partial charge in [0.1, 0.15) is 5.82 Å². The van der Waals surface area contributed by atoms with Crippen molar-refractivity contribution in [2.45, 2.75) is 13.0 Å². The van der Waals surface area contributed by atoms with E-state index in [1.54, 1.807) is 6.07 Å². The van der Waals surface area contributed by atoms with Crippen molar-refractivity contribution in [3.05, 3.63) is 59.8 Å². The standard InChI is InChI=1S/C14H14N2O2/c1-10(11-5-3-2-4-6-11)16-13-8-7-12(9-15-13)14(17)18/h2-10H,1H3,(H,15,16)(H,17,18). The van der Waals surface area contributed by atoms with Crippen molar-refractivity contribution in [2.24, 2.45) is 0 Å². The fraction of sp³-hybridized carbons (Fsp3) is 0.143. The topological polar surface area (TPSA) is 62.2 Å². The molecule has 0 radical (unpaired) electrons. The molecular weight excluding hydrogens is 228 g/mol. The normalized spacial score (nSPS) is 11.8. The van der Waals surface area contributed by atoms with Gasteiger partial charge in [-0.1, -0.05) is 30.3 Å². The molecule has 0 aliphatic heterocycles. The van der Waals surface area contributed by atoms with E-state index in [4.69, 9.17) is 5.11 Å². The molecule has 0 bridgehead atoms. The molecule has 0 saturated carbocycles. The van der Waals surface area contributed by atoms with Crippen LogP contribution in [0.4, 0.5) is 5.82 Å². The van der Waals surface area contributed by atoms with E-state index in [1.165, 1.54) is 12.3 Å². The molecule has 2 N–H and O–H groups in total. The molecule has 0 aliphatic rings. The Labute approximate surface area is 105 Å². The monoisotopic (exact) mass is 242 g/mol. The molecule has 0 spiro atoms. The van der Waals surface area contributed by atoms with Gasteiger partial charge in [0.2, 0.25) is 0 Å². The van der Waals surface area contributed by atoms with Crippen LogP contribution in [0.3, 0.4) is 0 Å². The zero-order chi connectivity index (χ0) is 13.0. The maximum absolute atomic E-state index is 10.7. The minimum atomic E-state index is -0.967. The smallest absolute Gasteiger partial charge is 0.337 e. The van der Waals surface area contributed by atoms with Crippen LogP contribution in [0.2, 0.25) is 0 Å². The number of nitrogens with zero attached hydrogens (tertiary/aromatic N) is 1. The summed E-state index contributed by atoms with van der Waals surface area (Å²) in [6.07, 6.45) is 1.35. The van der Waals surface area contributed by atoms with E-state index >= 15 is 0 Å². The largest absolute Gasteiger partial charge is 0.478 e. The summed E-state index contributed by atoms with van der Waals surface area (Å²) in [6, 6.07) is 13.3. The predicted octanol–water partition coefficient (Wildman–Crippen LogP) is 2.95. The van der Waals surface area contributed by atoms with Gasteiger partial charge in [0, 0.05) is 12.2 Å². The van der Waals surface area contributed by atoms with E-state index < -0.39 is 5.97 Å². The van der Waals surface area contributed by atoms with Crippen LogP contribution in [0.5, 0.6) is 0 Å². The van der Waals surface area contributed by atoms with Crippen LogP contribution in [-0.4, -0.2) is 16.1 Å². The lowest BCUT2D eigenvalue weighted by molar-refractivity contribution is 0.0696. The maximum atomic E-state index is 10.7. The highest BCUT2D eigenvalue weighted by Gasteiger charge is 2.06. The van der Waals surface area contributed by atoms with E-state index in [-0.39, 0.29) is 11.6 Å². The Kier molecular flexibility index (Phi) is 3.57. The first-order valence-electron chi connectivity index (χ1n) is 5.67. The van der Waals surface area contributed by atoms with Gasteiger partial charge < -0.3 is 10.4 Å². The van der Waals surface area contributed by atoms with Crippen LogP contribution in [-0.2, 0) is 0 Å². The molecule has 4 heteroatoms. The zero-order valence-electron chi connectivity index (χ0n) is 10.00. The van der Waals surface area contributed by atoms with Gasteiger partial charge in [-0.3, -0.25) is 0 Å². The van der Waals surface area contributed by atoms with Crippen molar-refractivity contribution < 1.29 is 9.90 Å². The number of anilines is 1. The van der Waals surface area contributed by atoms with Crippen LogP contribution in [0.15, 0.2) is 48.7 Å². The number of carboxylic acid groups (broad SMARTS) is 1. The van der Waals surface area contributed by atoms with Gasteiger partial charge in [0.15, 0.2) is 0 Å². The predicted molar refractivity (Wildman–Crippen MR) is 69.7 cm³/mol. The molecule has 0 aliphatic carbocycles. The van der Waals surface area contributed by atoms with E-state index in [1.807, 2.05) is 37.3 Å². The number of carboxylic acids is 1. The van der Waals surface area contributed by atoms with Crippen molar-refractivity contribution in [2.75, 3.05) is 5.32 Å². The quantitative estimate of drug-likeness (QED) is 0.865. The lowest BCUT2D eigenvalue weighted by atomic mass is 10.1. The molecule has 18 heavy (non-hydrogen) atoms. The third-order valence-corrected chi connectivity index (χ3v) is 2.67. The summed E-state index contributed by atoms with van der Waals surface area (Å²) in [7, 11) is 0. The third-order valence-electron chi connectivity index (χ3n) is 2.67. The van der Waals surface area contributed by atoms with E-state index in [2.05, 4.69) is 10.3 Å². The first-order chi connectivity index (χ1) is 8.66. The second kappa shape index (κ2) is 5.31. The van der Waals surface area contributed by atoms with Gasteiger partial charge in [-0.15, -0.1) is 0 Å². The highest BCUT2D eigenvalue weighted by Crippen LogP contribution is 2.17. The van der Waals surface area contributed by atoms with Crippen LogP contribution < -0.4 is 5.32 Å². The summed E-state index contributed by atoms with van der Waals surface area (Å²) < 4.78 is 0. The highest BCUT2D eigenvalue weighted by molar-refractivity contribution is 5.87. The molecule has 2 rings (SSSR count). The van der Waals surface area contributed by atoms with Gasteiger partial charge >= 0.3 is 5.97 Å². The molecule has 1 unspecified atom stereocenters. The summed E-state index contributed by atoms with van der Waals surface area (Å²) in [4.78, 5) is 14.8. The number of benzene rings is 1. The van der Waals surface area contributed by atoms with Crippen molar-refractivity contribution in [1.82, 2.24) is 4.98 Å². The number of hydrogen-bond donors (Lipinski definition) is 2. The van der Waals surface area contributed by atoms with Crippen LogP contribution in [0.25, 0.3) is 0 Å². The van der Waals surface area contributed by atoms with Gasteiger partial charge in [0.05, 0.1) is 5.56 Å². The fourth-order valence-corrected chi connectivity index (χ4v) is 1.65. The summed E-state index contributed by atoms with van der Waals surface area (Å²) >= 11 is 0. The second-order valence-electron chi connectivity index (χ2n) is 4.01. The number of carbonyl (C=O) groups is 1. The van der Waals surface area contributed by atoms with Gasteiger partial charge in [-0.2, -0.15) is 0 Å². The van der Waals surface area contributed by atoms with Crippen molar-refractivity contribution in [3.8, 4) is 0 Å². The number of rotatable bonds is 4. The van der Waals surface area contributed by atoms with Crippen LogP contribution in [0.1, 0.15) is 28.9 Å². The molecule has 1 aromatic carbocycles. The van der Waals surface area contributed by atoms with Crippen LogP contribution >= 0.6 is 0 Å². The summed E-state index contributed by atoms with van der Waals surface area (Å²) in [5.41, 5.74) is 1.34. The number of nitrogens with one attached hydrogen (secondary N) is 1. The van der Waals surface area contributed by atoms with E-state index in [9.17, 15) is 4.79 Å². The first kappa shape index (κ1) is 12.1. The summed E-state index contributed by atoms with van der Waals surface area (Å²) in [5, 5.41) is 12.0. The van der Waals surface area contributed by atoms with Crippen LogP contribution in [0, 0.1) is 0 Å². The molecule has 2 aromatic rings. The number of aromatic nitrogens is 1. The van der Waals surface area contributed by atoms with E-state index in [0.717, 1.165) is 5.56 Å². The molecule has 0 saturated heterocycles. The Balaban J connectivity index is 2.08. The van der Waals surface area contributed by atoms with Gasteiger partial charge in [-0.25, -0.2) is 9.78 Å². The Morgan fingerprint density at radius 1 is 1.22 bits per heavy atom. The minimum Gasteiger partial charge on any atom is -0.478 e. The molecular formula is C14H14N2O2. The van der Waals surface area contributed by atoms with Gasteiger partial charge in [-0.05, 0) is 24.6 Å². The molecule has 1 atom stereocenters. The summed E-state index contributed by atoms with van der Waals surface area (Å²) in [6.45, 7) is 2.03. The zero-order valence-corrected chi connectivity index (χ0v) is 10.00. The van der Waals surface area contributed by atoms with Crippen molar-refractivity contribution >= 4 is 11.8 Å². The number of aromatic carboxylic acids is 1. The Bertz CT molecular complexity index is 523. The molecule has 92 valence electrons. The number of pyridine rings is 1. The molecule has 0 fully saturated rings. The van der Waals surface area contributed by atoms with Gasteiger partial charge in [0.25, 0.3) is 0 Å². The fourth-order valence-electron chi connectivity index (χ4n) is 1.65. The Hall–Kier alpha value is -2.36. The molecule has 4 nitrogen and oxygen atoms in total. The average molecular weight is 242 g/mol.